The van der Waals surface area contributed by atoms with Crippen molar-refractivity contribution in [3.8, 4) is 0 Å². The molecule has 1 heterocycles. The zero-order chi connectivity index (χ0) is 12.6. The van der Waals surface area contributed by atoms with Crippen LogP contribution >= 0.6 is 34.5 Å². The standard InChI is InChI=1S/C9H6Cl2N2O2S2/c10-5-1-3-6(4-2-5)17(14,15)8-7(11)16-9(12)13-8/h1-4H,(H2,12,13). The SMILES string of the molecule is Nc1nc(S(=O)(=O)c2ccc(Cl)cc2)c(Cl)s1. The second kappa shape index (κ2) is 4.45. The number of hydrogen-bond acceptors (Lipinski definition) is 5. The Hall–Kier alpha value is -0.820. The van der Waals surface area contributed by atoms with Crippen LogP contribution in [0.4, 0.5) is 5.13 Å². The van der Waals surface area contributed by atoms with E-state index in [1.165, 1.54) is 24.3 Å². The lowest BCUT2D eigenvalue weighted by Crippen LogP contribution is -2.03. The van der Waals surface area contributed by atoms with E-state index in [1.54, 1.807) is 0 Å². The third-order valence-corrected chi connectivity index (χ3v) is 5.23. The first-order valence-electron chi connectivity index (χ1n) is 4.34. The highest BCUT2D eigenvalue weighted by molar-refractivity contribution is 7.91. The van der Waals surface area contributed by atoms with Crippen molar-refractivity contribution in [1.29, 1.82) is 0 Å². The Kier molecular flexibility index (Phi) is 3.31. The van der Waals surface area contributed by atoms with Gasteiger partial charge in [0.25, 0.3) is 0 Å². The first kappa shape index (κ1) is 12.6. The predicted octanol–water partition coefficient (Wildman–Crippen LogP) is 2.86. The Morgan fingerprint density at radius 2 is 1.76 bits per heavy atom. The molecule has 0 bridgehead atoms. The maximum atomic E-state index is 12.1. The van der Waals surface area contributed by atoms with Crippen molar-refractivity contribution in [2.45, 2.75) is 9.92 Å². The number of halogens is 2. The molecule has 2 rings (SSSR count). The third-order valence-electron chi connectivity index (χ3n) is 1.95. The average Bonchev–Trinajstić information content (AvgIpc) is 2.59. The summed E-state index contributed by atoms with van der Waals surface area (Å²) in [6, 6.07) is 5.75. The highest BCUT2D eigenvalue weighted by atomic mass is 35.5. The Morgan fingerprint density at radius 3 is 2.24 bits per heavy atom. The van der Waals surface area contributed by atoms with Crippen LogP contribution < -0.4 is 5.73 Å². The number of nitrogens with two attached hydrogens (primary N) is 1. The van der Waals surface area contributed by atoms with Crippen molar-refractivity contribution in [2.75, 3.05) is 5.73 Å². The lowest BCUT2D eigenvalue weighted by molar-refractivity contribution is 0.593. The van der Waals surface area contributed by atoms with Gasteiger partial charge in [0.15, 0.2) is 10.2 Å². The van der Waals surface area contributed by atoms with Crippen LogP contribution in [0.1, 0.15) is 0 Å². The molecule has 0 aliphatic carbocycles. The Bertz CT molecular complexity index is 650. The summed E-state index contributed by atoms with van der Waals surface area (Å²) in [5, 5.41) is 0.347. The quantitative estimate of drug-likeness (QED) is 0.926. The lowest BCUT2D eigenvalue weighted by atomic mass is 10.4. The number of benzene rings is 1. The summed E-state index contributed by atoms with van der Waals surface area (Å²) in [5.41, 5.74) is 5.42. The maximum absolute atomic E-state index is 12.1. The van der Waals surface area contributed by atoms with Crippen LogP contribution in [0.25, 0.3) is 0 Å². The second-order valence-electron chi connectivity index (χ2n) is 3.09. The monoisotopic (exact) mass is 308 g/mol. The highest BCUT2D eigenvalue weighted by Crippen LogP contribution is 2.33. The van der Waals surface area contributed by atoms with Crippen LogP contribution in [0.2, 0.25) is 9.36 Å². The van der Waals surface area contributed by atoms with Crippen LogP contribution in [0.3, 0.4) is 0 Å². The first-order chi connectivity index (χ1) is 7.91. The van der Waals surface area contributed by atoms with Gasteiger partial charge in [-0.2, -0.15) is 0 Å². The van der Waals surface area contributed by atoms with E-state index in [4.69, 9.17) is 28.9 Å². The number of aromatic nitrogens is 1. The predicted molar refractivity (Wildman–Crippen MR) is 68.4 cm³/mol. The van der Waals surface area contributed by atoms with Gasteiger partial charge in [-0.25, -0.2) is 13.4 Å². The lowest BCUT2D eigenvalue weighted by Gasteiger charge is -2.01. The van der Waals surface area contributed by atoms with Crippen molar-refractivity contribution < 1.29 is 8.42 Å². The number of anilines is 1. The van der Waals surface area contributed by atoms with Gasteiger partial charge in [0.1, 0.15) is 4.34 Å². The molecule has 2 aromatic rings. The zero-order valence-corrected chi connectivity index (χ0v) is 11.4. The molecule has 0 saturated carbocycles. The van der Waals surface area contributed by atoms with Crippen molar-refractivity contribution in [3.63, 3.8) is 0 Å². The molecule has 0 spiro atoms. The molecule has 0 aliphatic rings. The molecular weight excluding hydrogens is 303 g/mol. The molecule has 0 fully saturated rings. The number of rotatable bonds is 2. The zero-order valence-electron chi connectivity index (χ0n) is 8.22. The van der Waals surface area contributed by atoms with Gasteiger partial charge in [-0.1, -0.05) is 34.5 Å². The topological polar surface area (TPSA) is 73.0 Å². The van der Waals surface area contributed by atoms with E-state index in [2.05, 4.69) is 4.98 Å². The molecule has 17 heavy (non-hydrogen) atoms. The van der Waals surface area contributed by atoms with E-state index < -0.39 is 9.84 Å². The van der Waals surface area contributed by atoms with E-state index in [0.717, 1.165) is 11.3 Å². The van der Waals surface area contributed by atoms with E-state index in [0.29, 0.717) is 5.02 Å². The molecular formula is C9H6Cl2N2O2S2. The number of hydrogen-bond donors (Lipinski definition) is 1. The summed E-state index contributed by atoms with van der Waals surface area (Å²) in [6.07, 6.45) is 0. The fraction of sp³-hybridized carbons (Fsp3) is 0. The van der Waals surface area contributed by atoms with Gasteiger partial charge >= 0.3 is 0 Å². The van der Waals surface area contributed by atoms with Crippen molar-refractivity contribution >= 4 is 49.5 Å². The van der Waals surface area contributed by atoms with Crippen LogP contribution in [-0.4, -0.2) is 13.4 Å². The van der Waals surface area contributed by atoms with Crippen LogP contribution in [0.15, 0.2) is 34.2 Å². The summed E-state index contributed by atoms with van der Waals surface area (Å²) < 4.78 is 24.3. The molecule has 0 amide bonds. The molecule has 2 N–H and O–H groups in total. The molecule has 0 aliphatic heterocycles. The fourth-order valence-electron chi connectivity index (χ4n) is 1.19. The molecule has 1 aromatic heterocycles. The minimum absolute atomic E-state index is 0.0532. The van der Waals surface area contributed by atoms with Gasteiger partial charge in [0.2, 0.25) is 9.84 Å². The van der Waals surface area contributed by atoms with Crippen LogP contribution in [0, 0.1) is 0 Å². The molecule has 90 valence electrons. The number of thiazole rings is 1. The fourth-order valence-corrected chi connectivity index (χ4v) is 4.02. The Labute approximate surface area is 112 Å². The van der Waals surface area contributed by atoms with E-state index in [1.807, 2.05) is 0 Å². The van der Waals surface area contributed by atoms with E-state index in [-0.39, 0.29) is 19.4 Å². The maximum Gasteiger partial charge on any atom is 0.226 e. The van der Waals surface area contributed by atoms with Gasteiger partial charge in [-0.05, 0) is 24.3 Å². The summed E-state index contributed by atoms with van der Waals surface area (Å²) in [6.45, 7) is 0. The van der Waals surface area contributed by atoms with Gasteiger partial charge in [-0.3, -0.25) is 0 Å². The number of nitrogen functional groups attached to an aromatic ring is 1. The van der Waals surface area contributed by atoms with Crippen molar-refractivity contribution in [1.82, 2.24) is 4.98 Å². The molecule has 4 nitrogen and oxygen atoms in total. The molecule has 0 saturated heterocycles. The molecule has 8 heteroatoms. The number of sulfone groups is 1. The van der Waals surface area contributed by atoms with Gasteiger partial charge in [-0.15, -0.1) is 0 Å². The summed E-state index contributed by atoms with van der Waals surface area (Å²) in [7, 11) is -3.74. The second-order valence-corrected chi connectivity index (χ2v) is 7.02. The minimum atomic E-state index is -3.74. The third kappa shape index (κ3) is 2.40. The molecule has 0 radical (unpaired) electrons. The minimum Gasteiger partial charge on any atom is -0.375 e. The van der Waals surface area contributed by atoms with E-state index in [9.17, 15) is 8.42 Å². The van der Waals surface area contributed by atoms with Crippen molar-refractivity contribution in [3.05, 3.63) is 33.6 Å². The van der Waals surface area contributed by atoms with Crippen LogP contribution in [0.5, 0.6) is 0 Å². The summed E-state index contributed by atoms with van der Waals surface area (Å²) >= 11 is 12.4. The smallest absolute Gasteiger partial charge is 0.226 e. The first-order valence-corrected chi connectivity index (χ1v) is 7.39. The van der Waals surface area contributed by atoms with Gasteiger partial charge in [0.05, 0.1) is 4.90 Å². The van der Waals surface area contributed by atoms with Crippen LogP contribution in [-0.2, 0) is 9.84 Å². The molecule has 0 unspecified atom stereocenters. The average molecular weight is 309 g/mol. The normalized spacial score (nSPS) is 11.6. The summed E-state index contributed by atoms with van der Waals surface area (Å²) in [4.78, 5) is 3.80. The largest absolute Gasteiger partial charge is 0.375 e. The van der Waals surface area contributed by atoms with Crippen molar-refractivity contribution in [2.24, 2.45) is 0 Å². The van der Waals surface area contributed by atoms with E-state index >= 15 is 0 Å². The number of nitrogens with zero attached hydrogens (tertiary/aromatic N) is 1. The summed E-state index contributed by atoms with van der Waals surface area (Å²) in [5.74, 6) is 0. The van der Waals surface area contributed by atoms with Gasteiger partial charge in [0, 0.05) is 5.02 Å². The Balaban J connectivity index is 2.57. The molecule has 1 aromatic carbocycles. The highest BCUT2D eigenvalue weighted by Gasteiger charge is 2.24. The Morgan fingerprint density at radius 1 is 1.18 bits per heavy atom. The molecule has 0 atom stereocenters. The van der Waals surface area contributed by atoms with Gasteiger partial charge < -0.3 is 5.73 Å².